The summed E-state index contributed by atoms with van der Waals surface area (Å²) in [5.74, 6) is 0.442. The van der Waals surface area contributed by atoms with Crippen LogP contribution in [-0.2, 0) is 4.79 Å². The molecule has 3 N–H and O–H groups in total. The number of nitrogens with two attached hydrogens (primary N) is 1. The maximum absolute atomic E-state index is 12.6. The number of carbonyl (C=O) groups excluding carboxylic acids is 2. The summed E-state index contributed by atoms with van der Waals surface area (Å²) in [4.78, 5) is 23.4. The SMILES string of the molecule is COc1cc(C(=O)NC(C)c2cc3ccccc3o2)ccc1OCC(N)=O. The van der Waals surface area contributed by atoms with Crippen LogP contribution in [0.15, 0.2) is 52.9 Å². The van der Waals surface area contributed by atoms with Crippen molar-refractivity contribution in [1.29, 1.82) is 0 Å². The van der Waals surface area contributed by atoms with Crippen LogP contribution in [0, 0.1) is 0 Å². The Labute approximate surface area is 156 Å². The van der Waals surface area contributed by atoms with Crippen LogP contribution in [0.2, 0.25) is 0 Å². The molecular weight excluding hydrogens is 348 g/mol. The topological polar surface area (TPSA) is 104 Å². The van der Waals surface area contributed by atoms with Gasteiger partial charge in [0.25, 0.3) is 11.8 Å². The fourth-order valence-corrected chi connectivity index (χ4v) is 2.64. The largest absolute Gasteiger partial charge is 0.493 e. The fourth-order valence-electron chi connectivity index (χ4n) is 2.64. The third-order valence-corrected chi connectivity index (χ3v) is 4.01. The number of para-hydroxylation sites is 1. The molecule has 2 amide bonds. The zero-order valence-corrected chi connectivity index (χ0v) is 15.0. The molecule has 0 radical (unpaired) electrons. The molecule has 7 nitrogen and oxygen atoms in total. The Kier molecular flexibility index (Phi) is 5.30. The smallest absolute Gasteiger partial charge is 0.255 e. The molecule has 3 aromatic rings. The highest BCUT2D eigenvalue weighted by atomic mass is 16.5. The normalized spacial score (nSPS) is 11.8. The molecule has 0 fully saturated rings. The molecule has 0 bridgehead atoms. The average molecular weight is 368 g/mol. The van der Waals surface area contributed by atoms with Crippen molar-refractivity contribution < 1.29 is 23.5 Å². The molecule has 0 saturated carbocycles. The first-order valence-electron chi connectivity index (χ1n) is 8.36. The Hall–Kier alpha value is -3.48. The van der Waals surface area contributed by atoms with Gasteiger partial charge in [-0.1, -0.05) is 18.2 Å². The molecular formula is C20H20N2O5. The zero-order chi connectivity index (χ0) is 19.4. The van der Waals surface area contributed by atoms with Gasteiger partial charge in [-0.25, -0.2) is 0 Å². The molecule has 3 rings (SSSR count). The van der Waals surface area contributed by atoms with Crippen LogP contribution in [0.1, 0.15) is 29.1 Å². The second-order valence-electron chi connectivity index (χ2n) is 6.00. The van der Waals surface area contributed by atoms with Gasteiger partial charge in [-0.15, -0.1) is 0 Å². The Morgan fingerprint density at radius 3 is 2.63 bits per heavy atom. The van der Waals surface area contributed by atoms with Gasteiger partial charge in [0.05, 0.1) is 13.2 Å². The maximum atomic E-state index is 12.6. The fraction of sp³-hybridized carbons (Fsp3) is 0.200. The average Bonchev–Trinajstić information content (AvgIpc) is 3.10. The second-order valence-corrected chi connectivity index (χ2v) is 6.00. The molecule has 27 heavy (non-hydrogen) atoms. The van der Waals surface area contributed by atoms with Crippen LogP contribution >= 0.6 is 0 Å². The lowest BCUT2D eigenvalue weighted by atomic mass is 10.1. The quantitative estimate of drug-likeness (QED) is 0.667. The molecule has 1 unspecified atom stereocenters. The Balaban J connectivity index is 1.73. The van der Waals surface area contributed by atoms with Crippen molar-refractivity contribution >= 4 is 22.8 Å². The van der Waals surface area contributed by atoms with E-state index in [0.29, 0.717) is 22.8 Å². The summed E-state index contributed by atoms with van der Waals surface area (Å²) in [6.45, 7) is 1.57. The molecule has 0 aliphatic carbocycles. The predicted octanol–water partition coefficient (Wildman–Crippen LogP) is 2.80. The van der Waals surface area contributed by atoms with E-state index in [2.05, 4.69) is 5.32 Å². The molecule has 0 spiro atoms. The van der Waals surface area contributed by atoms with Crippen LogP contribution < -0.4 is 20.5 Å². The van der Waals surface area contributed by atoms with Gasteiger partial charge in [-0.2, -0.15) is 0 Å². The Bertz CT molecular complexity index is 946. The first kappa shape index (κ1) is 18.3. The number of carbonyl (C=O) groups is 2. The highest BCUT2D eigenvalue weighted by molar-refractivity contribution is 5.95. The third-order valence-electron chi connectivity index (χ3n) is 4.01. The van der Waals surface area contributed by atoms with Crippen LogP contribution in [-0.4, -0.2) is 25.5 Å². The summed E-state index contributed by atoms with van der Waals surface area (Å²) >= 11 is 0. The van der Waals surface area contributed by atoms with E-state index in [0.717, 1.165) is 11.0 Å². The summed E-state index contributed by atoms with van der Waals surface area (Å²) < 4.78 is 16.3. The number of primary amides is 1. The van der Waals surface area contributed by atoms with Crippen molar-refractivity contribution in [3.63, 3.8) is 0 Å². The Morgan fingerprint density at radius 2 is 1.93 bits per heavy atom. The van der Waals surface area contributed by atoms with Crippen molar-refractivity contribution in [2.45, 2.75) is 13.0 Å². The van der Waals surface area contributed by atoms with Crippen LogP contribution in [0.5, 0.6) is 11.5 Å². The molecule has 1 atom stereocenters. The van der Waals surface area contributed by atoms with Gasteiger partial charge in [0.1, 0.15) is 11.3 Å². The van der Waals surface area contributed by atoms with E-state index in [9.17, 15) is 9.59 Å². The van der Waals surface area contributed by atoms with E-state index < -0.39 is 5.91 Å². The number of hydrogen-bond donors (Lipinski definition) is 2. The first-order chi connectivity index (χ1) is 13.0. The number of furan rings is 1. The van der Waals surface area contributed by atoms with E-state index in [1.807, 2.05) is 37.3 Å². The lowest BCUT2D eigenvalue weighted by Crippen LogP contribution is -2.26. The van der Waals surface area contributed by atoms with Crippen molar-refractivity contribution in [1.82, 2.24) is 5.32 Å². The van der Waals surface area contributed by atoms with Crippen molar-refractivity contribution in [3.05, 3.63) is 59.9 Å². The first-order valence-corrected chi connectivity index (χ1v) is 8.36. The summed E-state index contributed by atoms with van der Waals surface area (Å²) in [7, 11) is 1.45. The number of rotatable bonds is 7. The molecule has 0 aliphatic rings. The van der Waals surface area contributed by atoms with Crippen molar-refractivity contribution in [2.75, 3.05) is 13.7 Å². The standard InChI is InChI=1S/C20H20N2O5/c1-12(17-9-13-5-3-4-6-15(13)27-17)22-20(24)14-7-8-16(18(10-14)25-2)26-11-19(21)23/h3-10,12H,11H2,1-2H3,(H2,21,23)(H,22,24). The molecule has 2 aromatic carbocycles. The van der Waals surface area contributed by atoms with Gasteiger partial charge in [-0.05, 0) is 37.3 Å². The van der Waals surface area contributed by atoms with Gasteiger partial charge < -0.3 is 24.9 Å². The lowest BCUT2D eigenvalue weighted by molar-refractivity contribution is -0.119. The number of ether oxygens (including phenoxy) is 2. The number of methoxy groups -OCH3 is 1. The highest BCUT2D eigenvalue weighted by Gasteiger charge is 2.17. The van der Waals surface area contributed by atoms with Crippen LogP contribution in [0.4, 0.5) is 0 Å². The summed E-state index contributed by atoms with van der Waals surface area (Å²) in [6, 6.07) is 13.9. The minimum atomic E-state index is -0.599. The van der Waals surface area contributed by atoms with E-state index in [1.54, 1.807) is 12.1 Å². The van der Waals surface area contributed by atoms with E-state index in [4.69, 9.17) is 19.6 Å². The minimum absolute atomic E-state index is 0.273. The summed E-state index contributed by atoms with van der Waals surface area (Å²) in [5.41, 5.74) is 6.23. The molecule has 1 aromatic heterocycles. The summed E-state index contributed by atoms with van der Waals surface area (Å²) in [5, 5.41) is 3.87. The van der Waals surface area contributed by atoms with Crippen molar-refractivity contribution in [2.24, 2.45) is 5.73 Å². The maximum Gasteiger partial charge on any atom is 0.255 e. The molecule has 0 aliphatic heterocycles. The number of hydrogen-bond acceptors (Lipinski definition) is 5. The van der Waals surface area contributed by atoms with Crippen molar-refractivity contribution in [3.8, 4) is 11.5 Å². The molecule has 1 heterocycles. The molecule has 0 saturated heterocycles. The van der Waals surface area contributed by atoms with E-state index >= 15 is 0 Å². The monoisotopic (exact) mass is 368 g/mol. The van der Waals surface area contributed by atoms with Gasteiger partial charge in [0, 0.05) is 10.9 Å². The van der Waals surface area contributed by atoms with Gasteiger partial charge in [-0.3, -0.25) is 9.59 Å². The third kappa shape index (κ3) is 4.20. The number of benzene rings is 2. The summed E-state index contributed by atoms with van der Waals surface area (Å²) in [6.07, 6.45) is 0. The van der Waals surface area contributed by atoms with Gasteiger partial charge in [0.15, 0.2) is 18.1 Å². The van der Waals surface area contributed by atoms with E-state index in [-0.39, 0.29) is 18.6 Å². The van der Waals surface area contributed by atoms with Gasteiger partial charge >= 0.3 is 0 Å². The van der Waals surface area contributed by atoms with Gasteiger partial charge in [0.2, 0.25) is 0 Å². The number of nitrogens with one attached hydrogen (secondary N) is 1. The second kappa shape index (κ2) is 7.82. The van der Waals surface area contributed by atoms with Crippen LogP contribution in [0.25, 0.3) is 11.0 Å². The highest BCUT2D eigenvalue weighted by Crippen LogP contribution is 2.29. The number of fused-ring (bicyclic) bond motifs is 1. The molecule has 7 heteroatoms. The van der Waals surface area contributed by atoms with E-state index in [1.165, 1.54) is 13.2 Å². The lowest BCUT2D eigenvalue weighted by Gasteiger charge is -2.14. The Morgan fingerprint density at radius 1 is 1.15 bits per heavy atom. The zero-order valence-electron chi connectivity index (χ0n) is 15.0. The predicted molar refractivity (Wildman–Crippen MR) is 99.8 cm³/mol. The molecule has 140 valence electrons. The minimum Gasteiger partial charge on any atom is -0.493 e. The van der Waals surface area contributed by atoms with Crippen LogP contribution in [0.3, 0.4) is 0 Å². The number of amides is 2.